The minimum Gasteiger partial charge on any atom is -0.497 e. The lowest BCUT2D eigenvalue weighted by molar-refractivity contribution is 0.0997. The molecule has 0 N–H and O–H groups in total. The average molecular weight is 295 g/mol. The lowest BCUT2D eigenvalue weighted by Crippen LogP contribution is -2.34. The molecule has 0 aromatic heterocycles. The molecule has 0 unspecified atom stereocenters. The maximum Gasteiger partial charge on any atom is 0.182 e. The Bertz CT molecular complexity index is 694. The maximum atomic E-state index is 12.7. The van der Waals surface area contributed by atoms with E-state index in [0.29, 0.717) is 6.54 Å². The SMILES string of the molecule is COc1ccc(C)c(C(=O)CN2CCCc3ccccc32)c1. The molecule has 114 valence electrons. The quantitative estimate of drug-likeness (QED) is 0.807. The predicted octanol–water partition coefficient (Wildman–Crippen LogP) is 3.64. The van der Waals surface area contributed by atoms with Gasteiger partial charge in [0.1, 0.15) is 5.75 Å². The fourth-order valence-electron chi connectivity index (χ4n) is 3.06. The monoisotopic (exact) mass is 295 g/mol. The molecule has 0 saturated carbocycles. The minimum absolute atomic E-state index is 0.146. The Morgan fingerprint density at radius 1 is 1.23 bits per heavy atom. The third-order valence-electron chi connectivity index (χ3n) is 4.29. The zero-order valence-electron chi connectivity index (χ0n) is 13.1. The minimum atomic E-state index is 0.146. The van der Waals surface area contributed by atoms with Crippen LogP contribution in [0.15, 0.2) is 42.5 Å². The number of carbonyl (C=O) groups is 1. The van der Waals surface area contributed by atoms with Crippen LogP contribution in [0.2, 0.25) is 0 Å². The summed E-state index contributed by atoms with van der Waals surface area (Å²) in [6.07, 6.45) is 2.19. The number of hydrogen-bond donors (Lipinski definition) is 0. The predicted molar refractivity (Wildman–Crippen MR) is 89.0 cm³/mol. The third-order valence-corrected chi connectivity index (χ3v) is 4.29. The fourth-order valence-corrected chi connectivity index (χ4v) is 3.06. The van der Waals surface area contributed by atoms with Crippen molar-refractivity contribution in [2.45, 2.75) is 19.8 Å². The number of aryl methyl sites for hydroxylation is 2. The van der Waals surface area contributed by atoms with Crippen molar-refractivity contribution >= 4 is 11.5 Å². The van der Waals surface area contributed by atoms with Crippen molar-refractivity contribution in [1.29, 1.82) is 0 Å². The molecule has 0 amide bonds. The van der Waals surface area contributed by atoms with Crippen molar-refractivity contribution in [3.8, 4) is 5.75 Å². The van der Waals surface area contributed by atoms with Gasteiger partial charge in [-0.15, -0.1) is 0 Å². The van der Waals surface area contributed by atoms with Crippen LogP contribution in [-0.4, -0.2) is 26.0 Å². The molecule has 1 aliphatic heterocycles. The van der Waals surface area contributed by atoms with Crippen LogP contribution in [0.1, 0.15) is 27.9 Å². The van der Waals surface area contributed by atoms with E-state index in [0.717, 1.165) is 36.3 Å². The molecule has 3 nitrogen and oxygen atoms in total. The molecule has 2 aromatic carbocycles. The summed E-state index contributed by atoms with van der Waals surface area (Å²) in [5, 5.41) is 0. The number of benzene rings is 2. The van der Waals surface area contributed by atoms with E-state index in [1.54, 1.807) is 7.11 Å². The van der Waals surface area contributed by atoms with E-state index in [9.17, 15) is 4.79 Å². The molecule has 3 heteroatoms. The number of anilines is 1. The van der Waals surface area contributed by atoms with Gasteiger partial charge in [0.25, 0.3) is 0 Å². The van der Waals surface area contributed by atoms with Crippen LogP contribution in [0.5, 0.6) is 5.75 Å². The summed E-state index contributed by atoms with van der Waals surface area (Å²) in [5.74, 6) is 0.876. The molecule has 3 rings (SSSR count). The molecular formula is C19H21NO2. The summed E-state index contributed by atoms with van der Waals surface area (Å²) in [6, 6.07) is 14.0. The van der Waals surface area contributed by atoms with Gasteiger partial charge >= 0.3 is 0 Å². The standard InChI is InChI=1S/C19H21NO2/c1-14-9-10-16(22-2)12-17(14)19(21)13-20-11-5-7-15-6-3-4-8-18(15)20/h3-4,6,8-10,12H,5,7,11,13H2,1-2H3. The number of hydrogen-bond acceptors (Lipinski definition) is 3. The molecule has 22 heavy (non-hydrogen) atoms. The van der Waals surface area contributed by atoms with Gasteiger partial charge in [0.2, 0.25) is 0 Å². The molecule has 2 aromatic rings. The number of nitrogens with zero attached hydrogens (tertiary/aromatic N) is 1. The Hall–Kier alpha value is -2.29. The number of Topliss-reactive ketones (excluding diaryl/α,β-unsaturated/α-hetero) is 1. The van der Waals surface area contributed by atoms with Crippen LogP contribution in [0.4, 0.5) is 5.69 Å². The summed E-state index contributed by atoms with van der Waals surface area (Å²) in [6.45, 7) is 3.33. The average Bonchev–Trinajstić information content (AvgIpc) is 2.55. The molecule has 0 spiro atoms. The first-order chi connectivity index (χ1) is 10.7. The van der Waals surface area contributed by atoms with Gasteiger partial charge in [-0.2, -0.15) is 0 Å². The van der Waals surface area contributed by atoms with Gasteiger partial charge in [-0.3, -0.25) is 4.79 Å². The highest BCUT2D eigenvalue weighted by Crippen LogP contribution is 2.27. The third kappa shape index (κ3) is 2.84. The van der Waals surface area contributed by atoms with Gasteiger partial charge in [-0.1, -0.05) is 24.3 Å². The molecule has 0 radical (unpaired) electrons. The zero-order chi connectivity index (χ0) is 15.5. The second-order valence-corrected chi connectivity index (χ2v) is 5.76. The van der Waals surface area contributed by atoms with E-state index in [4.69, 9.17) is 4.74 Å². The lowest BCUT2D eigenvalue weighted by Gasteiger charge is -2.30. The Morgan fingerprint density at radius 2 is 2.05 bits per heavy atom. The van der Waals surface area contributed by atoms with Gasteiger partial charge in [-0.05, 0) is 49.1 Å². The zero-order valence-corrected chi connectivity index (χ0v) is 13.1. The van der Waals surface area contributed by atoms with Crippen molar-refractivity contribution in [1.82, 2.24) is 0 Å². The number of rotatable bonds is 4. The van der Waals surface area contributed by atoms with Crippen LogP contribution >= 0.6 is 0 Å². The topological polar surface area (TPSA) is 29.5 Å². The van der Waals surface area contributed by atoms with Gasteiger partial charge < -0.3 is 9.64 Å². The number of fused-ring (bicyclic) bond motifs is 1. The van der Waals surface area contributed by atoms with Crippen LogP contribution in [0.3, 0.4) is 0 Å². The highest BCUT2D eigenvalue weighted by Gasteiger charge is 2.20. The summed E-state index contributed by atoms with van der Waals surface area (Å²) >= 11 is 0. The Labute approximate surface area is 131 Å². The van der Waals surface area contributed by atoms with E-state index in [2.05, 4.69) is 23.1 Å². The molecule has 0 bridgehead atoms. The number of para-hydroxylation sites is 1. The van der Waals surface area contributed by atoms with E-state index in [1.807, 2.05) is 31.2 Å². The number of ether oxygens (including phenoxy) is 1. The largest absolute Gasteiger partial charge is 0.497 e. The molecule has 0 fully saturated rings. The fraction of sp³-hybridized carbons (Fsp3) is 0.316. The van der Waals surface area contributed by atoms with Gasteiger partial charge in [0.05, 0.1) is 13.7 Å². The highest BCUT2D eigenvalue weighted by molar-refractivity contribution is 6.01. The molecule has 1 aliphatic rings. The van der Waals surface area contributed by atoms with Crippen molar-refractivity contribution < 1.29 is 9.53 Å². The molecule has 0 saturated heterocycles. The van der Waals surface area contributed by atoms with Crippen LogP contribution in [0.25, 0.3) is 0 Å². The number of carbonyl (C=O) groups excluding carboxylic acids is 1. The molecule has 0 atom stereocenters. The van der Waals surface area contributed by atoms with Crippen molar-refractivity contribution in [3.63, 3.8) is 0 Å². The summed E-state index contributed by atoms with van der Waals surface area (Å²) in [5.41, 5.74) is 4.28. The van der Waals surface area contributed by atoms with Crippen LogP contribution in [-0.2, 0) is 6.42 Å². The van der Waals surface area contributed by atoms with Crippen LogP contribution < -0.4 is 9.64 Å². The van der Waals surface area contributed by atoms with E-state index in [1.165, 1.54) is 11.3 Å². The summed E-state index contributed by atoms with van der Waals surface area (Å²) in [4.78, 5) is 14.9. The number of ketones is 1. The molecular weight excluding hydrogens is 274 g/mol. The first kappa shape index (κ1) is 14.6. The Morgan fingerprint density at radius 3 is 2.86 bits per heavy atom. The first-order valence-corrected chi connectivity index (χ1v) is 7.70. The Kier molecular flexibility index (Phi) is 4.14. The molecule has 1 heterocycles. The van der Waals surface area contributed by atoms with E-state index < -0.39 is 0 Å². The van der Waals surface area contributed by atoms with Gasteiger partial charge in [0.15, 0.2) is 5.78 Å². The Balaban J connectivity index is 1.84. The smallest absolute Gasteiger partial charge is 0.182 e. The van der Waals surface area contributed by atoms with Crippen molar-refractivity contribution in [2.75, 3.05) is 25.1 Å². The molecule has 0 aliphatic carbocycles. The van der Waals surface area contributed by atoms with Crippen LogP contribution in [0, 0.1) is 6.92 Å². The first-order valence-electron chi connectivity index (χ1n) is 7.70. The highest BCUT2D eigenvalue weighted by atomic mass is 16.5. The van der Waals surface area contributed by atoms with Crippen molar-refractivity contribution in [2.24, 2.45) is 0 Å². The van der Waals surface area contributed by atoms with E-state index >= 15 is 0 Å². The van der Waals surface area contributed by atoms with Gasteiger partial charge in [-0.25, -0.2) is 0 Å². The summed E-state index contributed by atoms with van der Waals surface area (Å²) < 4.78 is 5.24. The normalized spacial score (nSPS) is 13.6. The second-order valence-electron chi connectivity index (χ2n) is 5.76. The lowest BCUT2D eigenvalue weighted by atomic mass is 9.99. The van der Waals surface area contributed by atoms with E-state index in [-0.39, 0.29) is 5.78 Å². The van der Waals surface area contributed by atoms with Crippen molar-refractivity contribution in [3.05, 3.63) is 59.2 Å². The summed E-state index contributed by atoms with van der Waals surface area (Å²) in [7, 11) is 1.62. The van der Waals surface area contributed by atoms with Gasteiger partial charge in [0, 0.05) is 17.8 Å². The second kappa shape index (κ2) is 6.22. The number of methoxy groups -OCH3 is 1. The maximum absolute atomic E-state index is 12.7.